The van der Waals surface area contributed by atoms with Gasteiger partial charge >= 0.3 is 0 Å². The summed E-state index contributed by atoms with van der Waals surface area (Å²) in [7, 11) is 4.10. The molecule has 1 atom stereocenters. The highest BCUT2D eigenvalue weighted by atomic mass is 16.6. The number of rotatable bonds is 5. The van der Waals surface area contributed by atoms with E-state index in [2.05, 4.69) is 42.1 Å². The number of likely N-dealkylation sites (N-methyl/N-ethyl adjacent to an activating group) is 1. The lowest BCUT2D eigenvalue weighted by Gasteiger charge is -2.35. The van der Waals surface area contributed by atoms with Gasteiger partial charge in [-0.2, -0.15) is 5.10 Å². The predicted octanol–water partition coefficient (Wildman–Crippen LogP) is 2.78. The van der Waals surface area contributed by atoms with E-state index >= 15 is 0 Å². The zero-order valence-corrected chi connectivity index (χ0v) is 17.3. The Bertz CT molecular complexity index is 1260. The van der Waals surface area contributed by atoms with Gasteiger partial charge in [0.05, 0.1) is 34.2 Å². The molecule has 0 saturated carbocycles. The smallest absolute Gasteiger partial charge is 0.270 e. The first-order valence-corrected chi connectivity index (χ1v) is 10.1. The van der Waals surface area contributed by atoms with E-state index in [0.29, 0.717) is 23.5 Å². The highest BCUT2D eigenvalue weighted by Gasteiger charge is 2.22. The van der Waals surface area contributed by atoms with Crippen molar-refractivity contribution in [3.05, 3.63) is 46.5 Å². The average Bonchev–Trinajstić information content (AvgIpc) is 3.36. The third-order valence-corrected chi connectivity index (χ3v) is 5.52. The Morgan fingerprint density at radius 1 is 1.26 bits per heavy atom. The van der Waals surface area contributed by atoms with Crippen LogP contribution in [0.4, 0.5) is 11.4 Å². The Balaban J connectivity index is 1.47. The number of benzene rings is 2. The first kappa shape index (κ1) is 19.5. The lowest BCUT2D eigenvalue weighted by molar-refractivity contribution is -0.384. The Morgan fingerprint density at radius 2 is 2.13 bits per heavy atom. The van der Waals surface area contributed by atoms with Crippen LogP contribution in [0, 0.1) is 10.1 Å². The number of hydrogen-bond acceptors (Lipinski definition) is 7. The molecule has 160 valence electrons. The monoisotopic (exact) mass is 421 g/mol. The number of aromatic amines is 2. The quantitative estimate of drug-likeness (QED) is 0.376. The molecule has 1 aliphatic heterocycles. The average molecular weight is 421 g/mol. The minimum atomic E-state index is -0.410. The summed E-state index contributed by atoms with van der Waals surface area (Å²) in [5, 5.41) is 19.1. The SMILES string of the molecule is CN(C)CC1CN(c2ccc3nc(-c4n[nH]c5ccc([N+](=O)[O-])cc45)[nH]c3c2)CCO1. The topological polar surface area (TPSA) is 116 Å². The molecule has 2 N–H and O–H groups in total. The van der Waals surface area contributed by atoms with Crippen LogP contribution < -0.4 is 4.90 Å². The Labute approximate surface area is 178 Å². The zero-order chi connectivity index (χ0) is 21.5. The molecule has 1 unspecified atom stereocenters. The van der Waals surface area contributed by atoms with E-state index in [1.165, 1.54) is 12.1 Å². The molecule has 1 aliphatic rings. The van der Waals surface area contributed by atoms with Crippen LogP contribution in [-0.4, -0.2) is 76.4 Å². The Hall–Kier alpha value is -3.50. The van der Waals surface area contributed by atoms with Gasteiger partial charge in [0.1, 0.15) is 5.69 Å². The molecule has 1 fully saturated rings. The van der Waals surface area contributed by atoms with Crippen LogP contribution in [0.2, 0.25) is 0 Å². The van der Waals surface area contributed by atoms with Crippen molar-refractivity contribution in [1.29, 1.82) is 0 Å². The van der Waals surface area contributed by atoms with Gasteiger partial charge in [-0.25, -0.2) is 4.98 Å². The number of morpholine rings is 1. The molecule has 2 aromatic carbocycles. The number of nitrogens with one attached hydrogen (secondary N) is 2. The van der Waals surface area contributed by atoms with Crippen molar-refractivity contribution in [2.45, 2.75) is 6.10 Å². The van der Waals surface area contributed by atoms with Crippen molar-refractivity contribution in [3.8, 4) is 11.5 Å². The first-order chi connectivity index (χ1) is 15.0. The van der Waals surface area contributed by atoms with E-state index in [-0.39, 0.29) is 11.8 Å². The second-order valence-corrected chi connectivity index (χ2v) is 8.05. The summed E-state index contributed by atoms with van der Waals surface area (Å²) in [5.41, 5.74) is 4.13. The number of non-ortho nitro benzene ring substituents is 1. The van der Waals surface area contributed by atoms with E-state index in [4.69, 9.17) is 4.74 Å². The number of nitrogens with zero attached hydrogens (tertiary/aromatic N) is 5. The summed E-state index contributed by atoms with van der Waals surface area (Å²) in [6.07, 6.45) is 0.169. The maximum absolute atomic E-state index is 11.2. The van der Waals surface area contributed by atoms with Gasteiger partial charge in [0.25, 0.3) is 5.69 Å². The van der Waals surface area contributed by atoms with Crippen molar-refractivity contribution in [2.24, 2.45) is 0 Å². The number of H-pyrrole nitrogens is 2. The molecule has 31 heavy (non-hydrogen) atoms. The normalized spacial score (nSPS) is 17.1. The molecule has 2 aromatic heterocycles. The minimum absolute atomic E-state index is 0.0214. The molecule has 5 rings (SSSR count). The second-order valence-electron chi connectivity index (χ2n) is 8.05. The summed E-state index contributed by atoms with van der Waals surface area (Å²) in [6.45, 7) is 3.25. The molecular formula is C21H23N7O3. The molecule has 0 aliphatic carbocycles. The second kappa shape index (κ2) is 7.64. The Kier molecular flexibility index (Phi) is 4.79. The molecule has 0 bridgehead atoms. The van der Waals surface area contributed by atoms with Crippen molar-refractivity contribution in [3.63, 3.8) is 0 Å². The lowest BCUT2D eigenvalue weighted by atomic mass is 10.2. The summed E-state index contributed by atoms with van der Waals surface area (Å²) in [6, 6.07) is 10.8. The number of ether oxygens (including phenoxy) is 1. The highest BCUT2D eigenvalue weighted by molar-refractivity contribution is 5.94. The number of hydrogen-bond donors (Lipinski definition) is 2. The first-order valence-electron chi connectivity index (χ1n) is 10.1. The van der Waals surface area contributed by atoms with Gasteiger partial charge in [-0.3, -0.25) is 15.2 Å². The zero-order valence-electron chi connectivity index (χ0n) is 17.3. The van der Waals surface area contributed by atoms with Gasteiger partial charge in [0, 0.05) is 42.8 Å². The van der Waals surface area contributed by atoms with Gasteiger partial charge < -0.3 is 19.5 Å². The molecule has 1 saturated heterocycles. The highest BCUT2D eigenvalue weighted by Crippen LogP contribution is 2.30. The summed E-state index contributed by atoms with van der Waals surface area (Å²) in [5.74, 6) is 0.575. The van der Waals surface area contributed by atoms with Crippen LogP contribution in [0.1, 0.15) is 0 Å². The minimum Gasteiger partial charge on any atom is -0.373 e. The Morgan fingerprint density at radius 3 is 2.94 bits per heavy atom. The summed E-state index contributed by atoms with van der Waals surface area (Å²) in [4.78, 5) is 23.2. The van der Waals surface area contributed by atoms with E-state index in [1.807, 2.05) is 20.2 Å². The predicted molar refractivity (Wildman–Crippen MR) is 118 cm³/mol. The molecule has 4 aromatic rings. The van der Waals surface area contributed by atoms with E-state index in [0.717, 1.165) is 41.9 Å². The number of fused-ring (bicyclic) bond motifs is 2. The largest absolute Gasteiger partial charge is 0.373 e. The molecule has 3 heterocycles. The summed E-state index contributed by atoms with van der Waals surface area (Å²) < 4.78 is 5.89. The van der Waals surface area contributed by atoms with Crippen molar-refractivity contribution < 1.29 is 9.66 Å². The van der Waals surface area contributed by atoms with Crippen LogP contribution in [0.5, 0.6) is 0 Å². The number of imidazole rings is 1. The molecule has 10 heteroatoms. The fourth-order valence-electron chi connectivity index (χ4n) is 4.07. The van der Waals surface area contributed by atoms with Gasteiger partial charge in [0.2, 0.25) is 0 Å². The molecular weight excluding hydrogens is 398 g/mol. The molecule has 0 amide bonds. The fraction of sp³-hybridized carbons (Fsp3) is 0.333. The standard InChI is InChI=1S/C21H23N7O3/c1-26(2)11-15-12-27(7-8-31-15)13-3-6-18-19(10-13)23-21(22-18)20-16-9-14(28(29)30)4-5-17(16)24-25-20/h3-6,9-10,15H,7-8,11-12H2,1-2H3,(H,22,23)(H,24,25). The van der Waals surface area contributed by atoms with E-state index < -0.39 is 4.92 Å². The van der Waals surface area contributed by atoms with Crippen LogP contribution >= 0.6 is 0 Å². The van der Waals surface area contributed by atoms with Crippen LogP contribution in [0.3, 0.4) is 0 Å². The lowest BCUT2D eigenvalue weighted by Crippen LogP contribution is -2.46. The number of aromatic nitrogens is 4. The maximum Gasteiger partial charge on any atom is 0.270 e. The van der Waals surface area contributed by atoms with Crippen molar-refractivity contribution >= 4 is 33.3 Å². The van der Waals surface area contributed by atoms with Crippen molar-refractivity contribution in [1.82, 2.24) is 25.1 Å². The fourth-order valence-corrected chi connectivity index (χ4v) is 4.07. The number of nitro benzene ring substituents is 1. The molecule has 0 radical (unpaired) electrons. The van der Waals surface area contributed by atoms with Gasteiger partial charge in [-0.05, 0) is 38.4 Å². The molecule has 0 spiro atoms. The van der Waals surface area contributed by atoms with E-state index in [9.17, 15) is 10.1 Å². The third-order valence-electron chi connectivity index (χ3n) is 5.52. The third kappa shape index (κ3) is 3.71. The van der Waals surface area contributed by atoms with Crippen molar-refractivity contribution in [2.75, 3.05) is 45.2 Å². The van der Waals surface area contributed by atoms with Crippen LogP contribution in [-0.2, 0) is 4.74 Å². The number of anilines is 1. The van der Waals surface area contributed by atoms with Crippen LogP contribution in [0.15, 0.2) is 36.4 Å². The maximum atomic E-state index is 11.2. The van der Waals surface area contributed by atoms with E-state index in [1.54, 1.807) is 6.07 Å². The van der Waals surface area contributed by atoms with Gasteiger partial charge in [-0.15, -0.1) is 0 Å². The molecule has 10 nitrogen and oxygen atoms in total. The van der Waals surface area contributed by atoms with Gasteiger partial charge in [-0.1, -0.05) is 0 Å². The summed E-state index contributed by atoms with van der Waals surface area (Å²) >= 11 is 0. The number of nitro groups is 1. The van der Waals surface area contributed by atoms with Gasteiger partial charge in [0.15, 0.2) is 5.82 Å². The van der Waals surface area contributed by atoms with Crippen LogP contribution in [0.25, 0.3) is 33.5 Å².